The highest BCUT2D eigenvalue weighted by Gasteiger charge is 2.68. The number of aliphatic hydroxyl groups is 1. The minimum atomic E-state index is -0.935. The number of Topliss-reactive ketones (excluding diaryl/α,β-unsaturated/α-hetero) is 1. The molecule has 0 saturated carbocycles. The van der Waals surface area contributed by atoms with Gasteiger partial charge in [-0.2, -0.15) is 0 Å². The molecule has 59 heavy (non-hydrogen) atoms. The summed E-state index contributed by atoms with van der Waals surface area (Å²) in [4.78, 5) is 26.6. The van der Waals surface area contributed by atoms with Crippen LogP contribution >= 0.6 is 0 Å². The van der Waals surface area contributed by atoms with Crippen LogP contribution in [0.5, 0.6) is 0 Å². The van der Waals surface area contributed by atoms with Gasteiger partial charge in [-0.05, 0) is 82.8 Å². The molecule has 10 aliphatic heterocycles. The van der Waals surface area contributed by atoms with E-state index in [2.05, 4.69) is 25.4 Å². The predicted molar refractivity (Wildman–Crippen MR) is 211 cm³/mol. The van der Waals surface area contributed by atoms with Crippen molar-refractivity contribution >= 4 is 11.9 Å². The predicted octanol–water partition coefficient (Wildman–Crippen LogP) is 5.00. The number of rotatable bonds is 5. The van der Waals surface area contributed by atoms with Crippen molar-refractivity contribution in [2.45, 2.75) is 220 Å². The summed E-state index contributed by atoms with van der Waals surface area (Å²) in [6.07, 6.45) is 2.78. The van der Waals surface area contributed by atoms with Gasteiger partial charge in [0.2, 0.25) is 0 Å². The Morgan fingerprint density at radius 3 is 2.36 bits per heavy atom. The Labute approximate surface area is 348 Å². The minimum Gasteiger partial charge on any atom is -0.444 e. The van der Waals surface area contributed by atoms with Crippen molar-refractivity contribution in [2.75, 3.05) is 13.7 Å². The number of amides is 1. The topological polar surface area (TPSA) is 159 Å². The van der Waals surface area contributed by atoms with Crippen molar-refractivity contribution in [2.24, 2.45) is 11.8 Å². The van der Waals surface area contributed by atoms with E-state index in [0.29, 0.717) is 25.7 Å². The standard InChI is InChI=1S/C45H67NO13/c1-22-14-27-8-10-31-23(2)15-29(51-31)12-13-45-20-36-39(57-45)40-41(56-36)42(58-45)38-32(55-40)11-9-28(53-38)16-25(47)17-30-34(19-33(52-27)24(22)3)54-35(37(30)50-7)18-26(48)21-46-43(49)59-44(4,5)6/h22,26-42,48H,2-3,8-21H2,1,4-7H3,(H,46,49)/t22-,26+,27+,28-,29+,30?,31?,32+,33?,34+,35-,36?,37-,38+,39+,40+,41-,42+,45+/m1/s1. The number of carbonyl (C=O) groups is 2. The van der Waals surface area contributed by atoms with Gasteiger partial charge in [0.1, 0.15) is 41.9 Å². The fourth-order valence-corrected chi connectivity index (χ4v) is 11.8. The molecular formula is C45H67NO13. The second-order valence-corrected chi connectivity index (χ2v) is 20.1. The summed E-state index contributed by atoms with van der Waals surface area (Å²) >= 11 is 0. The molecule has 330 valence electrons. The summed E-state index contributed by atoms with van der Waals surface area (Å²) in [5.74, 6) is -0.821. The molecule has 12 bridgehead atoms. The second kappa shape index (κ2) is 16.6. The first kappa shape index (κ1) is 42.3. The molecule has 4 unspecified atom stereocenters. The van der Waals surface area contributed by atoms with Crippen LogP contribution in [0.25, 0.3) is 0 Å². The third-order valence-corrected chi connectivity index (χ3v) is 14.6. The molecule has 10 heterocycles. The first-order chi connectivity index (χ1) is 28.1. The smallest absolute Gasteiger partial charge is 0.407 e. The minimum absolute atomic E-state index is 0.000416. The summed E-state index contributed by atoms with van der Waals surface area (Å²) in [5, 5.41) is 13.8. The molecule has 10 rings (SSSR count). The van der Waals surface area contributed by atoms with Gasteiger partial charge in [0.15, 0.2) is 5.79 Å². The molecule has 10 saturated heterocycles. The monoisotopic (exact) mass is 829 g/mol. The molecule has 10 aliphatic rings. The zero-order chi connectivity index (χ0) is 41.4. The third kappa shape index (κ3) is 8.71. The van der Waals surface area contributed by atoms with Crippen LogP contribution in [0.3, 0.4) is 0 Å². The number of nitrogens with one attached hydrogen (secondary N) is 1. The van der Waals surface area contributed by atoms with Crippen molar-refractivity contribution in [1.29, 1.82) is 0 Å². The van der Waals surface area contributed by atoms with Crippen LogP contribution in [-0.4, -0.2) is 140 Å². The average molecular weight is 830 g/mol. The Morgan fingerprint density at radius 1 is 0.831 bits per heavy atom. The van der Waals surface area contributed by atoms with Gasteiger partial charge in [-0.15, -0.1) is 0 Å². The molecule has 0 radical (unpaired) electrons. The first-order valence-corrected chi connectivity index (χ1v) is 22.5. The van der Waals surface area contributed by atoms with E-state index >= 15 is 0 Å². The molecule has 0 aromatic rings. The van der Waals surface area contributed by atoms with Gasteiger partial charge in [-0.1, -0.05) is 20.1 Å². The Morgan fingerprint density at radius 2 is 1.56 bits per heavy atom. The largest absolute Gasteiger partial charge is 0.444 e. The van der Waals surface area contributed by atoms with Crippen LogP contribution in [0.4, 0.5) is 4.79 Å². The van der Waals surface area contributed by atoms with Crippen molar-refractivity contribution in [3.05, 3.63) is 24.3 Å². The molecule has 0 aromatic carbocycles. The highest BCUT2D eigenvalue weighted by Crippen LogP contribution is 2.54. The molecule has 0 aliphatic carbocycles. The molecule has 1 spiro atoms. The van der Waals surface area contributed by atoms with E-state index in [1.54, 1.807) is 27.9 Å². The highest BCUT2D eigenvalue weighted by molar-refractivity contribution is 5.79. The summed E-state index contributed by atoms with van der Waals surface area (Å²) in [6.45, 7) is 16.5. The zero-order valence-corrected chi connectivity index (χ0v) is 35.6. The molecular weight excluding hydrogens is 762 g/mol. The normalized spacial score (nSPS) is 47.7. The van der Waals surface area contributed by atoms with Crippen molar-refractivity contribution in [3.63, 3.8) is 0 Å². The van der Waals surface area contributed by atoms with E-state index in [9.17, 15) is 14.7 Å². The number of hydrogen-bond acceptors (Lipinski definition) is 13. The molecule has 10 fully saturated rings. The van der Waals surface area contributed by atoms with E-state index < -0.39 is 41.9 Å². The zero-order valence-electron chi connectivity index (χ0n) is 35.6. The lowest BCUT2D eigenvalue weighted by molar-refractivity contribution is -0.292. The molecule has 2 N–H and O–H groups in total. The molecule has 19 atom stereocenters. The van der Waals surface area contributed by atoms with E-state index in [1.807, 2.05) is 0 Å². The number of aliphatic hydroxyl groups excluding tert-OH is 1. The fourth-order valence-electron chi connectivity index (χ4n) is 11.8. The SMILES string of the molecule is C=C1C[C@@H]2CC[C@@]34CC5O[C@H]6[C@@H](O3)[C@H]3O[C@H](CC[C@@H]3O[C@H]6[C@H]5O4)CC(=O)CC3[C@H](CC4O[C@@H](CCC1O2)C[C@@H](C)C4=C)O[C@H](C[C@H](O)CNC(=O)OC(C)(C)C)[C@@H]3OC. The van der Waals surface area contributed by atoms with Crippen LogP contribution in [0.2, 0.25) is 0 Å². The first-order valence-electron chi connectivity index (χ1n) is 22.5. The number of ether oxygens (including phenoxy) is 10. The van der Waals surface area contributed by atoms with Gasteiger partial charge in [-0.25, -0.2) is 4.79 Å². The molecule has 1 amide bonds. The number of hydrogen-bond donors (Lipinski definition) is 2. The van der Waals surface area contributed by atoms with Gasteiger partial charge >= 0.3 is 6.09 Å². The Balaban J connectivity index is 0.955. The lowest BCUT2D eigenvalue weighted by Crippen LogP contribution is -2.61. The maximum atomic E-state index is 14.2. The Kier molecular flexibility index (Phi) is 11.9. The van der Waals surface area contributed by atoms with Gasteiger partial charge in [0.25, 0.3) is 0 Å². The van der Waals surface area contributed by atoms with Gasteiger partial charge in [0.05, 0.1) is 67.1 Å². The van der Waals surface area contributed by atoms with Gasteiger partial charge in [0, 0.05) is 58.1 Å². The van der Waals surface area contributed by atoms with Crippen LogP contribution in [0.1, 0.15) is 111 Å². The quantitative estimate of drug-likeness (QED) is 0.357. The van der Waals surface area contributed by atoms with E-state index in [-0.39, 0.29) is 117 Å². The summed E-state index contributed by atoms with van der Waals surface area (Å²) < 4.78 is 65.7. The van der Waals surface area contributed by atoms with E-state index in [1.165, 1.54) is 0 Å². The van der Waals surface area contributed by atoms with E-state index in [0.717, 1.165) is 49.7 Å². The van der Waals surface area contributed by atoms with Gasteiger partial charge in [-0.3, -0.25) is 4.79 Å². The number of ketones is 1. The second-order valence-electron chi connectivity index (χ2n) is 20.1. The van der Waals surface area contributed by atoms with Crippen LogP contribution in [-0.2, 0) is 52.2 Å². The number of methoxy groups -OCH3 is 1. The maximum absolute atomic E-state index is 14.2. The van der Waals surface area contributed by atoms with Gasteiger partial charge < -0.3 is 57.8 Å². The van der Waals surface area contributed by atoms with Crippen molar-refractivity contribution in [1.82, 2.24) is 5.32 Å². The van der Waals surface area contributed by atoms with Crippen LogP contribution in [0.15, 0.2) is 24.3 Å². The van der Waals surface area contributed by atoms with Crippen LogP contribution < -0.4 is 5.32 Å². The molecule has 14 heteroatoms. The summed E-state index contributed by atoms with van der Waals surface area (Å²) in [6, 6.07) is 0. The number of fused-ring (bicyclic) bond motifs is 6. The lowest BCUT2D eigenvalue weighted by atomic mass is 9.81. The van der Waals surface area contributed by atoms with E-state index in [4.69, 9.17) is 47.4 Å². The summed E-state index contributed by atoms with van der Waals surface area (Å²) in [5.41, 5.74) is 1.48. The van der Waals surface area contributed by atoms with Crippen LogP contribution in [0, 0.1) is 11.8 Å². The number of alkyl carbamates (subject to hydrolysis) is 1. The lowest BCUT2D eigenvalue weighted by Gasteiger charge is -2.47. The maximum Gasteiger partial charge on any atom is 0.407 e. The summed E-state index contributed by atoms with van der Waals surface area (Å²) in [7, 11) is 1.63. The average Bonchev–Trinajstić information content (AvgIpc) is 3.85. The molecule has 0 aromatic heterocycles. The Hall–Kier alpha value is -1.98. The molecule has 14 nitrogen and oxygen atoms in total. The van der Waals surface area contributed by atoms with Crippen molar-refractivity contribution in [3.8, 4) is 0 Å². The number of carbonyl (C=O) groups excluding carboxylic acids is 2. The fraction of sp³-hybridized carbons (Fsp3) is 0.867. The van der Waals surface area contributed by atoms with Crippen molar-refractivity contribution < 1.29 is 62.1 Å². The Bertz CT molecular complexity index is 1600. The third-order valence-electron chi connectivity index (χ3n) is 14.6. The highest BCUT2D eigenvalue weighted by atomic mass is 16.8.